The van der Waals surface area contributed by atoms with E-state index in [0.29, 0.717) is 22.8 Å². The summed E-state index contributed by atoms with van der Waals surface area (Å²) in [7, 11) is 0. The number of rotatable bonds is 19. The number of nitrogens with zero attached hydrogens (tertiary/aromatic N) is 1. The van der Waals surface area contributed by atoms with Gasteiger partial charge in [-0.15, -0.1) is 0 Å². The Morgan fingerprint density at radius 2 is 1.11 bits per heavy atom. The number of hydrogen-bond acceptors (Lipinski definition) is 4. The summed E-state index contributed by atoms with van der Waals surface area (Å²) < 4.78 is 0. The molecule has 5 heteroatoms. The molecule has 0 spiro atoms. The van der Waals surface area contributed by atoms with Gasteiger partial charge >= 0.3 is 0 Å². The minimum atomic E-state index is -0.310. The molecule has 3 fully saturated rings. The summed E-state index contributed by atoms with van der Waals surface area (Å²) in [6.45, 7) is 14.7. The topological polar surface area (TPSA) is 57.6 Å². The van der Waals surface area contributed by atoms with Crippen LogP contribution in [0.25, 0.3) is 0 Å². The van der Waals surface area contributed by atoms with Crippen LogP contribution in [-0.4, -0.2) is 27.9 Å². The lowest BCUT2D eigenvalue weighted by Crippen LogP contribution is -2.34. The second kappa shape index (κ2) is 16.8. The predicted molar refractivity (Wildman–Crippen MR) is 197 cm³/mol. The van der Waals surface area contributed by atoms with Gasteiger partial charge in [0, 0.05) is 16.4 Å². The molecule has 1 saturated heterocycles. The highest BCUT2D eigenvalue weighted by Gasteiger charge is 2.64. The lowest BCUT2D eigenvalue weighted by molar-refractivity contribution is -0.123. The fourth-order valence-corrected chi connectivity index (χ4v) is 10.2. The summed E-state index contributed by atoms with van der Waals surface area (Å²) in [5, 5.41) is 11.7. The van der Waals surface area contributed by atoms with E-state index >= 15 is 0 Å². The van der Waals surface area contributed by atoms with Gasteiger partial charge in [-0.2, -0.15) is 11.8 Å². The first-order chi connectivity index (χ1) is 21.9. The maximum absolute atomic E-state index is 14.0. The molecule has 2 bridgehead atoms. The van der Waals surface area contributed by atoms with Gasteiger partial charge in [0.15, 0.2) is 0 Å². The Balaban J connectivity index is 1.17. The molecule has 1 N–H and O–H groups in total. The molecular weight excluding hydrogens is 587 g/mol. The first kappa shape index (κ1) is 37.3. The van der Waals surface area contributed by atoms with Crippen LogP contribution in [0.4, 0.5) is 5.69 Å². The maximum atomic E-state index is 14.0. The third-order valence-corrected chi connectivity index (χ3v) is 12.7. The van der Waals surface area contributed by atoms with E-state index in [0.717, 1.165) is 24.0 Å². The SMILES string of the molecule is CCCCCCCCCCCCCCCCCCSC1CC2CC1C1C(=O)N(c3cc(C(C)(C)C)c(O)c(C(C)(C)C)c3)C(=O)C21. The Hall–Kier alpha value is -1.49. The third-order valence-electron chi connectivity index (χ3n) is 11.3. The number of thioether (sulfide) groups is 1. The zero-order valence-electron chi connectivity index (χ0n) is 30.6. The first-order valence-electron chi connectivity index (χ1n) is 19.2. The lowest BCUT2D eigenvalue weighted by atomic mass is 9.79. The van der Waals surface area contributed by atoms with Crippen LogP contribution in [0.15, 0.2) is 12.1 Å². The van der Waals surface area contributed by atoms with E-state index in [1.165, 1.54) is 113 Å². The zero-order valence-corrected chi connectivity index (χ0v) is 31.4. The van der Waals surface area contributed by atoms with Crippen LogP contribution < -0.4 is 4.90 Å². The summed E-state index contributed by atoms with van der Waals surface area (Å²) in [6, 6.07) is 3.79. The first-order valence-corrected chi connectivity index (χ1v) is 20.3. The van der Waals surface area contributed by atoms with E-state index in [2.05, 4.69) is 60.2 Å². The van der Waals surface area contributed by atoms with Crippen molar-refractivity contribution in [2.75, 3.05) is 10.7 Å². The molecule has 2 aliphatic carbocycles. The van der Waals surface area contributed by atoms with E-state index in [-0.39, 0.29) is 40.2 Å². The van der Waals surface area contributed by atoms with Crippen molar-refractivity contribution < 1.29 is 14.7 Å². The number of anilines is 1. The predicted octanol–water partition coefficient (Wildman–Crippen LogP) is 11.5. The minimum Gasteiger partial charge on any atom is -0.507 e. The van der Waals surface area contributed by atoms with Crippen molar-refractivity contribution in [3.8, 4) is 5.75 Å². The summed E-state index contributed by atoms with van der Waals surface area (Å²) in [4.78, 5) is 29.4. The minimum absolute atomic E-state index is 0.000571. The number of fused-ring (bicyclic) bond motifs is 5. The number of phenolic OH excluding ortho intramolecular Hbond substituents is 1. The van der Waals surface area contributed by atoms with Gasteiger partial charge in [-0.05, 0) is 59.8 Å². The van der Waals surface area contributed by atoms with Crippen LogP contribution in [0, 0.1) is 23.7 Å². The highest BCUT2D eigenvalue weighted by Crippen LogP contribution is 2.60. The molecule has 4 nitrogen and oxygen atoms in total. The molecule has 1 heterocycles. The van der Waals surface area contributed by atoms with Gasteiger partial charge in [-0.1, -0.05) is 145 Å². The van der Waals surface area contributed by atoms with Crippen LogP contribution >= 0.6 is 11.8 Å². The van der Waals surface area contributed by atoms with E-state index in [1.807, 2.05) is 12.1 Å². The summed E-state index contributed by atoms with van der Waals surface area (Å²) in [5.41, 5.74) is 1.61. The molecule has 1 aromatic rings. The lowest BCUT2D eigenvalue weighted by Gasteiger charge is -2.30. The van der Waals surface area contributed by atoms with Gasteiger partial charge in [-0.3, -0.25) is 14.5 Å². The van der Waals surface area contributed by atoms with E-state index in [1.54, 1.807) is 0 Å². The molecule has 0 aromatic heterocycles. The van der Waals surface area contributed by atoms with Gasteiger partial charge in [0.1, 0.15) is 5.75 Å². The van der Waals surface area contributed by atoms with Crippen LogP contribution in [0.1, 0.15) is 175 Å². The fourth-order valence-electron chi connectivity index (χ4n) is 8.62. The summed E-state index contributed by atoms with van der Waals surface area (Å²) in [6.07, 6.45) is 24.4. The Kier molecular flexibility index (Phi) is 13.6. The van der Waals surface area contributed by atoms with Gasteiger partial charge in [0.05, 0.1) is 17.5 Å². The molecule has 1 aromatic carbocycles. The highest BCUT2D eigenvalue weighted by atomic mass is 32.2. The van der Waals surface area contributed by atoms with Crippen molar-refractivity contribution in [3.05, 3.63) is 23.3 Å². The second-order valence-electron chi connectivity index (χ2n) is 17.1. The van der Waals surface area contributed by atoms with E-state index < -0.39 is 0 Å². The molecule has 4 rings (SSSR count). The van der Waals surface area contributed by atoms with Crippen molar-refractivity contribution in [2.45, 2.75) is 180 Å². The fraction of sp³-hybridized carbons (Fsp3) is 0.805. The van der Waals surface area contributed by atoms with Crippen molar-refractivity contribution in [3.63, 3.8) is 0 Å². The molecule has 5 atom stereocenters. The van der Waals surface area contributed by atoms with E-state index in [4.69, 9.17) is 0 Å². The van der Waals surface area contributed by atoms with Crippen LogP contribution in [0.3, 0.4) is 0 Å². The normalized spacial score (nSPS) is 24.4. The van der Waals surface area contributed by atoms with Crippen LogP contribution in [0.5, 0.6) is 5.75 Å². The van der Waals surface area contributed by atoms with Gasteiger partial charge in [0.25, 0.3) is 0 Å². The number of benzene rings is 1. The van der Waals surface area contributed by atoms with E-state index in [9.17, 15) is 14.7 Å². The molecule has 1 aliphatic heterocycles. The second-order valence-corrected chi connectivity index (χ2v) is 18.4. The Morgan fingerprint density at radius 3 is 1.57 bits per heavy atom. The van der Waals surface area contributed by atoms with Gasteiger partial charge < -0.3 is 5.11 Å². The largest absolute Gasteiger partial charge is 0.507 e. The molecule has 5 unspecified atom stereocenters. The van der Waals surface area contributed by atoms with Crippen molar-refractivity contribution in [2.24, 2.45) is 23.7 Å². The van der Waals surface area contributed by atoms with Gasteiger partial charge in [0.2, 0.25) is 11.8 Å². The number of carbonyl (C=O) groups is 2. The van der Waals surface area contributed by atoms with Crippen LogP contribution in [-0.2, 0) is 20.4 Å². The number of phenols is 1. The number of hydrogen-bond donors (Lipinski definition) is 1. The molecule has 0 radical (unpaired) electrons. The number of unbranched alkanes of at least 4 members (excludes halogenated alkanes) is 15. The number of imide groups is 1. The Bertz CT molecular complexity index is 1110. The standard InChI is InChI=1S/C41H67NO3S/c1-8-9-10-11-12-13-14-15-16-17-18-19-20-21-22-23-24-46-34-26-29-25-31(34)36-35(29)38(44)42(39(36)45)30-27-32(40(2,3)4)37(43)33(28-30)41(5,6)7/h27-29,31,34-36,43H,8-26H2,1-7H3. The number of aromatic hydroxyl groups is 1. The molecule has 2 amide bonds. The summed E-state index contributed by atoms with van der Waals surface area (Å²) >= 11 is 2.08. The molecular formula is C41H67NO3S. The highest BCUT2D eigenvalue weighted by molar-refractivity contribution is 7.99. The summed E-state index contributed by atoms with van der Waals surface area (Å²) in [5.74, 6) is 1.79. The average Bonchev–Trinajstić information content (AvgIpc) is 3.64. The van der Waals surface area contributed by atoms with Crippen LogP contribution in [0.2, 0.25) is 0 Å². The maximum Gasteiger partial charge on any atom is 0.238 e. The zero-order chi connectivity index (χ0) is 33.5. The third kappa shape index (κ3) is 9.14. The monoisotopic (exact) mass is 653 g/mol. The van der Waals surface area contributed by atoms with Crippen molar-refractivity contribution in [1.82, 2.24) is 0 Å². The van der Waals surface area contributed by atoms with Crippen molar-refractivity contribution >= 4 is 29.3 Å². The molecule has 2 saturated carbocycles. The number of amides is 2. The number of carbonyl (C=O) groups excluding carboxylic acids is 2. The van der Waals surface area contributed by atoms with Gasteiger partial charge in [-0.25, -0.2) is 0 Å². The smallest absolute Gasteiger partial charge is 0.238 e. The Morgan fingerprint density at radius 1 is 0.674 bits per heavy atom. The van der Waals surface area contributed by atoms with Crippen molar-refractivity contribution in [1.29, 1.82) is 0 Å². The average molecular weight is 654 g/mol. The molecule has 46 heavy (non-hydrogen) atoms. The quantitative estimate of drug-likeness (QED) is 0.119. The molecule has 260 valence electrons. The Labute approximate surface area is 286 Å². The molecule has 3 aliphatic rings.